The number of rotatable bonds is 2. The van der Waals surface area contributed by atoms with E-state index < -0.39 is 0 Å². The molecule has 0 nitrogen and oxygen atoms in total. The molecule has 0 N–H and O–H groups in total. The van der Waals surface area contributed by atoms with E-state index in [9.17, 15) is 0 Å². The summed E-state index contributed by atoms with van der Waals surface area (Å²) in [6.07, 6.45) is 0. The van der Waals surface area contributed by atoms with Crippen molar-refractivity contribution in [3.63, 3.8) is 0 Å². The molecule has 0 fully saturated rings. The molecule has 134 valence electrons. The fourth-order valence-electron chi connectivity index (χ4n) is 3.88. The molecule has 0 aliphatic heterocycles. The van der Waals surface area contributed by atoms with E-state index in [1.165, 1.54) is 33.4 Å². The van der Waals surface area contributed by atoms with Gasteiger partial charge >= 0.3 is 0 Å². The molecule has 0 aliphatic rings. The molecule has 3 aromatic rings. The molecule has 0 amide bonds. The Morgan fingerprint density at radius 3 is 1.00 bits per heavy atom. The van der Waals surface area contributed by atoms with Gasteiger partial charge in [-0.1, -0.05) is 114 Å². The first kappa shape index (κ1) is 18.5. The second-order valence-electron chi connectivity index (χ2n) is 9.14. The minimum absolute atomic E-state index is 0.0541. The van der Waals surface area contributed by atoms with Crippen LogP contribution in [0.5, 0.6) is 0 Å². The van der Waals surface area contributed by atoms with Crippen LogP contribution in [0.25, 0.3) is 22.3 Å². The molecule has 3 rings (SSSR count). The molecule has 0 unspecified atom stereocenters. The van der Waals surface area contributed by atoms with E-state index in [4.69, 9.17) is 0 Å². The molecular formula is C26H30. The van der Waals surface area contributed by atoms with Crippen molar-refractivity contribution < 1.29 is 0 Å². The van der Waals surface area contributed by atoms with Crippen molar-refractivity contribution in [2.45, 2.75) is 52.4 Å². The van der Waals surface area contributed by atoms with Gasteiger partial charge < -0.3 is 0 Å². The van der Waals surface area contributed by atoms with E-state index in [1.54, 1.807) is 0 Å². The van der Waals surface area contributed by atoms with Crippen molar-refractivity contribution >= 4 is 0 Å². The second kappa shape index (κ2) is 6.76. The van der Waals surface area contributed by atoms with Gasteiger partial charge in [-0.05, 0) is 44.2 Å². The average molecular weight is 343 g/mol. The number of hydrogen-bond donors (Lipinski definition) is 0. The molecule has 0 spiro atoms. The van der Waals surface area contributed by atoms with E-state index in [-0.39, 0.29) is 10.8 Å². The molecule has 0 saturated carbocycles. The summed E-state index contributed by atoms with van der Waals surface area (Å²) in [7, 11) is 0. The third-order valence-electron chi connectivity index (χ3n) is 4.87. The molecule has 3 aromatic carbocycles. The highest BCUT2D eigenvalue weighted by molar-refractivity contribution is 5.79. The van der Waals surface area contributed by atoms with Gasteiger partial charge in [0.1, 0.15) is 0 Å². The Bertz CT molecular complexity index is 797. The minimum Gasteiger partial charge on any atom is -0.0622 e. The molecule has 0 atom stereocenters. The topological polar surface area (TPSA) is 0 Å². The van der Waals surface area contributed by atoms with Crippen LogP contribution in [0.4, 0.5) is 0 Å². The predicted octanol–water partition coefficient (Wildman–Crippen LogP) is 7.62. The van der Waals surface area contributed by atoms with Gasteiger partial charge in [-0.2, -0.15) is 0 Å². The second-order valence-corrected chi connectivity index (χ2v) is 9.14. The zero-order valence-corrected chi connectivity index (χ0v) is 16.9. The first-order chi connectivity index (χ1) is 12.2. The summed E-state index contributed by atoms with van der Waals surface area (Å²) in [6.45, 7) is 14.0. The Kier molecular flexibility index (Phi) is 4.80. The lowest BCUT2D eigenvalue weighted by Gasteiger charge is -2.35. The summed E-state index contributed by atoms with van der Waals surface area (Å²) >= 11 is 0. The van der Waals surface area contributed by atoms with Gasteiger partial charge in [0.2, 0.25) is 0 Å². The summed E-state index contributed by atoms with van der Waals surface area (Å²) < 4.78 is 0. The highest BCUT2D eigenvalue weighted by Gasteiger charge is 2.30. The maximum atomic E-state index is 2.33. The van der Waals surface area contributed by atoms with Gasteiger partial charge in [-0.15, -0.1) is 0 Å². The van der Waals surface area contributed by atoms with Crippen LogP contribution in [0.3, 0.4) is 0 Å². The van der Waals surface area contributed by atoms with Gasteiger partial charge in [0.05, 0.1) is 0 Å². The van der Waals surface area contributed by atoms with Crippen LogP contribution in [0.1, 0.15) is 52.7 Å². The molecule has 0 saturated heterocycles. The SMILES string of the molecule is CC(C)(C)c1c(-c2ccccc2)ccc(-c2ccccc2)c1C(C)(C)C. The third kappa shape index (κ3) is 3.60. The Balaban J connectivity index is 2.41. The van der Waals surface area contributed by atoms with Crippen molar-refractivity contribution in [2.24, 2.45) is 0 Å². The van der Waals surface area contributed by atoms with Crippen LogP contribution in [-0.4, -0.2) is 0 Å². The van der Waals surface area contributed by atoms with Gasteiger partial charge in [0.25, 0.3) is 0 Å². The van der Waals surface area contributed by atoms with Gasteiger partial charge in [0, 0.05) is 0 Å². The Hall–Kier alpha value is -2.34. The van der Waals surface area contributed by atoms with Crippen LogP contribution in [0, 0.1) is 0 Å². The fraction of sp³-hybridized carbons (Fsp3) is 0.308. The smallest absolute Gasteiger partial charge is 0.0123 e. The Morgan fingerprint density at radius 2 is 0.731 bits per heavy atom. The third-order valence-corrected chi connectivity index (χ3v) is 4.87. The van der Waals surface area contributed by atoms with Gasteiger partial charge in [-0.3, -0.25) is 0 Å². The van der Waals surface area contributed by atoms with Crippen LogP contribution in [0.2, 0.25) is 0 Å². The lowest BCUT2D eigenvalue weighted by Crippen LogP contribution is -2.24. The van der Waals surface area contributed by atoms with E-state index in [0.29, 0.717) is 0 Å². The van der Waals surface area contributed by atoms with E-state index >= 15 is 0 Å². The molecule has 0 aromatic heterocycles. The Morgan fingerprint density at radius 1 is 0.423 bits per heavy atom. The normalized spacial score (nSPS) is 12.2. The largest absolute Gasteiger partial charge is 0.0622 e. The summed E-state index contributed by atoms with van der Waals surface area (Å²) in [5.74, 6) is 0. The van der Waals surface area contributed by atoms with Crippen molar-refractivity contribution in [1.29, 1.82) is 0 Å². The summed E-state index contributed by atoms with van der Waals surface area (Å²) in [4.78, 5) is 0. The molecule has 0 bridgehead atoms. The average Bonchev–Trinajstić information content (AvgIpc) is 2.60. The fourth-order valence-corrected chi connectivity index (χ4v) is 3.88. The van der Waals surface area contributed by atoms with Crippen molar-refractivity contribution in [2.75, 3.05) is 0 Å². The zero-order chi connectivity index (χ0) is 18.9. The quantitative estimate of drug-likeness (QED) is 0.449. The van der Waals surface area contributed by atoms with E-state index in [1.807, 2.05) is 0 Å². The van der Waals surface area contributed by atoms with Crippen molar-refractivity contribution in [3.8, 4) is 22.3 Å². The molecule has 0 radical (unpaired) electrons. The zero-order valence-electron chi connectivity index (χ0n) is 16.9. The molecule has 0 aliphatic carbocycles. The monoisotopic (exact) mass is 342 g/mol. The van der Waals surface area contributed by atoms with Crippen molar-refractivity contribution in [3.05, 3.63) is 83.9 Å². The molecule has 0 heteroatoms. The lowest BCUT2D eigenvalue weighted by molar-refractivity contribution is 0.533. The summed E-state index contributed by atoms with van der Waals surface area (Å²) in [5, 5.41) is 0. The van der Waals surface area contributed by atoms with Crippen LogP contribution < -0.4 is 0 Å². The highest BCUT2D eigenvalue weighted by Crippen LogP contribution is 2.45. The predicted molar refractivity (Wildman–Crippen MR) is 115 cm³/mol. The van der Waals surface area contributed by atoms with Gasteiger partial charge in [0.15, 0.2) is 0 Å². The Labute approximate surface area is 158 Å². The van der Waals surface area contributed by atoms with Crippen molar-refractivity contribution in [1.82, 2.24) is 0 Å². The van der Waals surface area contributed by atoms with Crippen LogP contribution >= 0.6 is 0 Å². The maximum Gasteiger partial charge on any atom is -0.0123 e. The van der Waals surface area contributed by atoms with Crippen LogP contribution in [0.15, 0.2) is 72.8 Å². The van der Waals surface area contributed by atoms with E-state index in [0.717, 1.165) is 0 Å². The molecular weight excluding hydrogens is 312 g/mol. The van der Waals surface area contributed by atoms with Gasteiger partial charge in [-0.25, -0.2) is 0 Å². The lowest BCUT2D eigenvalue weighted by atomic mass is 9.69. The minimum atomic E-state index is 0.0541. The standard InChI is InChI=1S/C26H30/c1-25(2,3)23-21(19-13-9-7-10-14-19)17-18-22(24(23)26(4,5)6)20-15-11-8-12-16-20/h7-18H,1-6H3. The highest BCUT2D eigenvalue weighted by atomic mass is 14.3. The first-order valence-corrected chi connectivity index (χ1v) is 9.48. The summed E-state index contributed by atoms with van der Waals surface area (Å²) in [5.41, 5.74) is 8.31. The van der Waals surface area contributed by atoms with Crippen LogP contribution in [-0.2, 0) is 10.8 Å². The maximum absolute atomic E-state index is 2.33. The first-order valence-electron chi connectivity index (χ1n) is 9.48. The number of hydrogen-bond acceptors (Lipinski definition) is 0. The molecule has 0 heterocycles. The summed E-state index contributed by atoms with van der Waals surface area (Å²) in [6, 6.07) is 26.2. The number of benzene rings is 3. The van der Waals surface area contributed by atoms with E-state index in [2.05, 4.69) is 114 Å². The molecule has 26 heavy (non-hydrogen) atoms.